The molecular formula is C17H20N2OS. The SMILES string of the molecule is C[C@@H](CN1c2ccccc2Sc2ccccc21)[N+](C)(C)[O-]. The molecule has 0 amide bonds. The molecule has 2 aromatic carbocycles. The van der Waals surface area contributed by atoms with Gasteiger partial charge in [-0.05, 0) is 31.2 Å². The summed E-state index contributed by atoms with van der Waals surface area (Å²) in [4.78, 5) is 4.78. The molecule has 0 saturated carbocycles. The molecule has 1 heterocycles. The van der Waals surface area contributed by atoms with Gasteiger partial charge < -0.3 is 14.8 Å². The van der Waals surface area contributed by atoms with E-state index in [0.717, 1.165) is 0 Å². The summed E-state index contributed by atoms with van der Waals surface area (Å²) in [6.07, 6.45) is 0. The summed E-state index contributed by atoms with van der Waals surface area (Å²) < 4.78 is -0.284. The maximum Gasteiger partial charge on any atom is 0.104 e. The van der Waals surface area contributed by atoms with Crippen LogP contribution in [0.1, 0.15) is 6.92 Å². The monoisotopic (exact) mass is 300 g/mol. The van der Waals surface area contributed by atoms with E-state index in [9.17, 15) is 5.21 Å². The van der Waals surface area contributed by atoms with Crippen molar-refractivity contribution in [2.45, 2.75) is 22.8 Å². The molecule has 110 valence electrons. The van der Waals surface area contributed by atoms with Crippen LogP contribution < -0.4 is 4.90 Å². The van der Waals surface area contributed by atoms with Crippen LogP contribution in [-0.4, -0.2) is 31.3 Å². The third-order valence-corrected chi connectivity index (χ3v) is 5.17. The topological polar surface area (TPSA) is 26.3 Å². The molecule has 1 aliphatic rings. The van der Waals surface area contributed by atoms with Crippen LogP contribution in [0.25, 0.3) is 0 Å². The highest BCUT2D eigenvalue weighted by molar-refractivity contribution is 7.99. The fourth-order valence-electron chi connectivity index (χ4n) is 2.44. The Kier molecular flexibility index (Phi) is 3.69. The smallest absolute Gasteiger partial charge is 0.104 e. The summed E-state index contributed by atoms with van der Waals surface area (Å²) in [5.74, 6) is 0. The van der Waals surface area contributed by atoms with Gasteiger partial charge in [0.25, 0.3) is 0 Å². The predicted octanol–water partition coefficient (Wildman–Crippen LogP) is 4.25. The number of nitrogens with zero attached hydrogens (tertiary/aromatic N) is 2. The van der Waals surface area contributed by atoms with E-state index >= 15 is 0 Å². The molecule has 0 N–H and O–H groups in total. The Morgan fingerprint density at radius 3 is 1.95 bits per heavy atom. The fraction of sp³-hybridized carbons (Fsp3) is 0.294. The first kappa shape index (κ1) is 14.4. The van der Waals surface area contributed by atoms with Crippen molar-refractivity contribution in [1.29, 1.82) is 0 Å². The van der Waals surface area contributed by atoms with Crippen LogP contribution in [0.4, 0.5) is 11.4 Å². The Morgan fingerprint density at radius 1 is 1.00 bits per heavy atom. The van der Waals surface area contributed by atoms with E-state index in [-0.39, 0.29) is 10.7 Å². The van der Waals surface area contributed by atoms with Crippen LogP contribution >= 0.6 is 11.8 Å². The molecule has 0 unspecified atom stereocenters. The average Bonchev–Trinajstić information content (AvgIpc) is 2.46. The molecule has 0 radical (unpaired) electrons. The molecule has 1 aliphatic heterocycles. The minimum Gasteiger partial charge on any atom is -0.633 e. The lowest BCUT2D eigenvalue weighted by atomic mass is 10.2. The van der Waals surface area contributed by atoms with Gasteiger partial charge in [-0.3, -0.25) is 0 Å². The Bertz CT molecular complexity index is 606. The lowest BCUT2D eigenvalue weighted by Crippen LogP contribution is -2.47. The molecule has 21 heavy (non-hydrogen) atoms. The van der Waals surface area contributed by atoms with Crippen molar-refractivity contribution >= 4 is 23.1 Å². The molecule has 0 spiro atoms. The second-order valence-corrected chi connectivity index (χ2v) is 7.02. The van der Waals surface area contributed by atoms with Crippen LogP contribution in [0.2, 0.25) is 0 Å². The standard InChI is InChI=1S/C17H20N2OS/c1-13(19(2,3)20)12-18-14-8-4-6-10-16(14)21-17-11-7-5-9-15(17)18/h4-11,13H,12H2,1-3H3/t13-/m0/s1. The number of quaternary nitrogens is 1. The lowest BCUT2D eigenvalue weighted by Gasteiger charge is -2.43. The molecule has 0 fully saturated rings. The highest BCUT2D eigenvalue weighted by atomic mass is 32.2. The van der Waals surface area contributed by atoms with Crippen molar-refractivity contribution in [2.24, 2.45) is 0 Å². The predicted molar refractivity (Wildman–Crippen MR) is 89.0 cm³/mol. The number of fused-ring (bicyclic) bond motifs is 2. The van der Waals surface area contributed by atoms with Crippen LogP contribution in [0.15, 0.2) is 58.3 Å². The fourth-order valence-corrected chi connectivity index (χ4v) is 3.53. The zero-order valence-corrected chi connectivity index (χ0v) is 13.4. The molecule has 1 atom stereocenters. The minimum absolute atomic E-state index is 0.00536. The first-order valence-corrected chi connectivity index (χ1v) is 7.96. The van der Waals surface area contributed by atoms with Crippen LogP contribution in [-0.2, 0) is 0 Å². The molecule has 0 saturated heterocycles. The molecule has 2 aromatic rings. The summed E-state index contributed by atoms with van der Waals surface area (Å²) in [6.45, 7) is 2.73. The summed E-state index contributed by atoms with van der Waals surface area (Å²) in [6, 6.07) is 16.8. The van der Waals surface area contributed by atoms with Crippen molar-refractivity contribution < 1.29 is 4.65 Å². The van der Waals surface area contributed by atoms with E-state index < -0.39 is 0 Å². The van der Waals surface area contributed by atoms with Crippen LogP contribution in [0.3, 0.4) is 0 Å². The number of anilines is 2. The summed E-state index contributed by atoms with van der Waals surface area (Å²) in [7, 11) is 3.42. The zero-order chi connectivity index (χ0) is 15.0. The van der Waals surface area contributed by atoms with Gasteiger partial charge in [0.05, 0.1) is 32.0 Å². The van der Waals surface area contributed by atoms with E-state index in [4.69, 9.17) is 0 Å². The normalized spacial score (nSPS) is 15.3. The van der Waals surface area contributed by atoms with Gasteiger partial charge in [0.15, 0.2) is 0 Å². The number of hydroxylamine groups is 3. The van der Waals surface area contributed by atoms with Crippen molar-refractivity contribution in [1.82, 2.24) is 0 Å². The molecule has 0 bridgehead atoms. The van der Waals surface area contributed by atoms with E-state index in [1.54, 1.807) is 25.9 Å². The average molecular weight is 300 g/mol. The maximum atomic E-state index is 12.2. The van der Waals surface area contributed by atoms with Crippen molar-refractivity contribution in [3.63, 3.8) is 0 Å². The Labute approximate surface area is 130 Å². The minimum atomic E-state index is -0.284. The van der Waals surface area contributed by atoms with Gasteiger partial charge in [0.1, 0.15) is 6.04 Å². The third kappa shape index (κ3) is 2.79. The Balaban J connectivity index is 2.03. The maximum absolute atomic E-state index is 12.2. The lowest BCUT2D eigenvalue weighted by molar-refractivity contribution is -0.862. The van der Waals surface area contributed by atoms with Gasteiger partial charge in [-0.15, -0.1) is 0 Å². The van der Waals surface area contributed by atoms with E-state index in [0.29, 0.717) is 6.54 Å². The third-order valence-electron chi connectivity index (χ3n) is 4.04. The van der Waals surface area contributed by atoms with E-state index in [1.165, 1.54) is 21.2 Å². The van der Waals surface area contributed by atoms with Crippen molar-refractivity contribution in [3.8, 4) is 0 Å². The quantitative estimate of drug-likeness (QED) is 0.626. The second kappa shape index (κ2) is 5.37. The van der Waals surface area contributed by atoms with Gasteiger partial charge in [-0.2, -0.15) is 0 Å². The number of hydrogen-bond acceptors (Lipinski definition) is 3. The Morgan fingerprint density at radius 2 is 1.48 bits per heavy atom. The second-order valence-electron chi connectivity index (χ2n) is 5.93. The molecule has 0 aliphatic carbocycles. The largest absolute Gasteiger partial charge is 0.633 e. The van der Waals surface area contributed by atoms with E-state index in [2.05, 4.69) is 53.4 Å². The van der Waals surface area contributed by atoms with Crippen LogP contribution in [0.5, 0.6) is 0 Å². The number of likely N-dealkylation sites (N-methyl/N-ethyl adjacent to an activating group) is 1. The summed E-state index contributed by atoms with van der Waals surface area (Å²) in [5.41, 5.74) is 2.39. The number of hydrogen-bond donors (Lipinski definition) is 0. The molecule has 0 aromatic heterocycles. The van der Waals surface area contributed by atoms with Gasteiger partial charge in [0, 0.05) is 9.79 Å². The van der Waals surface area contributed by atoms with Gasteiger partial charge in [-0.25, -0.2) is 0 Å². The highest BCUT2D eigenvalue weighted by Gasteiger charge is 2.26. The molecular weight excluding hydrogens is 280 g/mol. The van der Waals surface area contributed by atoms with Gasteiger partial charge in [0.2, 0.25) is 0 Å². The molecule has 4 heteroatoms. The summed E-state index contributed by atoms with van der Waals surface area (Å²) in [5, 5.41) is 12.2. The first-order chi connectivity index (χ1) is 9.97. The number of benzene rings is 2. The first-order valence-electron chi connectivity index (χ1n) is 7.15. The van der Waals surface area contributed by atoms with Crippen molar-refractivity contribution in [3.05, 3.63) is 53.7 Å². The van der Waals surface area contributed by atoms with Gasteiger partial charge in [-0.1, -0.05) is 36.0 Å². The Hall–Kier alpha value is -1.49. The van der Waals surface area contributed by atoms with Crippen LogP contribution in [0, 0.1) is 5.21 Å². The van der Waals surface area contributed by atoms with Crippen molar-refractivity contribution in [2.75, 3.05) is 25.5 Å². The summed E-state index contributed by atoms with van der Waals surface area (Å²) >= 11 is 1.80. The number of rotatable bonds is 3. The molecule has 3 rings (SSSR count). The number of para-hydroxylation sites is 2. The van der Waals surface area contributed by atoms with E-state index in [1.807, 2.05) is 6.92 Å². The van der Waals surface area contributed by atoms with Gasteiger partial charge >= 0.3 is 0 Å². The zero-order valence-electron chi connectivity index (χ0n) is 12.6. The highest BCUT2D eigenvalue weighted by Crippen LogP contribution is 2.47. The molecule has 3 nitrogen and oxygen atoms in total.